The molecule has 2 aliphatic heterocycles. The second-order valence-electron chi connectivity index (χ2n) is 4.78. The van der Waals surface area contributed by atoms with Crippen molar-refractivity contribution in [1.82, 2.24) is 5.17 Å². The van der Waals surface area contributed by atoms with Crippen LogP contribution >= 0.6 is 0 Å². The average molecular weight is 279 g/mol. The largest absolute Gasteiger partial charge is 0.466 e. The summed E-state index contributed by atoms with van der Waals surface area (Å²) in [6.07, 6.45) is 0. The van der Waals surface area contributed by atoms with E-state index < -0.39 is 0 Å². The molecule has 0 N–H and O–H groups in total. The van der Waals surface area contributed by atoms with E-state index in [9.17, 15) is 0 Å². The Bertz CT molecular complexity index is 740. The number of hydrogen-bond acceptors (Lipinski definition) is 5. The van der Waals surface area contributed by atoms with E-state index in [-0.39, 0.29) is 12.1 Å². The van der Waals surface area contributed by atoms with Crippen molar-refractivity contribution in [2.45, 2.75) is 6.04 Å². The Morgan fingerprint density at radius 2 is 1.81 bits per heavy atom. The fraction of sp³-hybridized carbons (Fsp3) is 0.125. The number of aliphatic imine (C=N–C) groups is 1. The maximum absolute atomic E-state index is 5.78. The molecular formula is C16H13N3O2. The Hall–Kier alpha value is -2.82. The number of benzene rings is 2. The van der Waals surface area contributed by atoms with Gasteiger partial charge in [0, 0.05) is 5.56 Å². The zero-order chi connectivity index (χ0) is 14.2. The van der Waals surface area contributed by atoms with Gasteiger partial charge < -0.3 is 9.57 Å². The lowest BCUT2D eigenvalue weighted by molar-refractivity contribution is -0.0542. The van der Waals surface area contributed by atoms with Crippen LogP contribution in [0, 0.1) is 0 Å². The van der Waals surface area contributed by atoms with Gasteiger partial charge in [0.05, 0.1) is 12.8 Å². The van der Waals surface area contributed by atoms with E-state index in [2.05, 4.69) is 10.1 Å². The van der Waals surface area contributed by atoms with Gasteiger partial charge in [0.2, 0.25) is 0 Å². The highest BCUT2D eigenvalue weighted by Crippen LogP contribution is 2.41. The zero-order valence-electron chi connectivity index (χ0n) is 11.4. The van der Waals surface area contributed by atoms with Gasteiger partial charge in [0.25, 0.3) is 0 Å². The van der Waals surface area contributed by atoms with E-state index in [1.165, 1.54) is 0 Å². The number of rotatable bonds is 1. The lowest BCUT2D eigenvalue weighted by atomic mass is 9.96. The summed E-state index contributed by atoms with van der Waals surface area (Å²) in [5, 5.41) is 5.83. The highest BCUT2D eigenvalue weighted by molar-refractivity contribution is 6.10. The summed E-state index contributed by atoms with van der Waals surface area (Å²) in [7, 11) is 1.55. The molecule has 0 radical (unpaired) electrons. The summed E-state index contributed by atoms with van der Waals surface area (Å²) in [4.78, 5) is 10.3. The summed E-state index contributed by atoms with van der Waals surface area (Å²) in [5.74, 6) is 0.798. The molecule has 2 aliphatic rings. The normalized spacial score (nSPS) is 19.1. The Kier molecular flexibility index (Phi) is 2.64. The molecule has 0 aliphatic carbocycles. The summed E-state index contributed by atoms with van der Waals surface area (Å²) >= 11 is 0. The molecule has 0 bridgehead atoms. The molecule has 104 valence electrons. The van der Waals surface area contributed by atoms with E-state index >= 15 is 0 Å². The van der Waals surface area contributed by atoms with Crippen LogP contribution in [-0.2, 0) is 4.74 Å². The predicted octanol–water partition coefficient (Wildman–Crippen LogP) is 2.76. The van der Waals surface area contributed by atoms with Crippen LogP contribution in [0.15, 0.2) is 64.7 Å². The van der Waals surface area contributed by atoms with Crippen molar-refractivity contribution in [3.05, 3.63) is 65.7 Å². The van der Waals surface area contributed by atoms with Gasteiger partial charge in [-0.1, -0.05) is 53.6 Å². The second-order valence-corrected chi connectivity index (χ2v) is 4.78. The highest BCUT2D eigenvalue weighted by atomic mass is 16.7. The third-order valence-corrected chi connectivity index (χ3v) is 3.54. The Morgan fingerprint density at radius 3 is 2.62 bits per heavy atom. The van der Waals surface area contributed by atoms with E-state index in [0.29, 0.717) is 0 Å². The van der Waals surface area contributed by atoms with Crippen LogP contribution in [0.1, 0.15) is 17.2 Å². The van der Waals surface area contributed by atoms with Crippen LogP contribution in [0.3, 0.4) is 0 Å². The molecule has 0 aromatic heterocycles. The van der Waals surface area contributed by atoms with Crippen LogP contribution < -0.4 is 4.84 Å². The van der Waals surface area contributed by atoms with Crippen molar-refractivity contribution in [2.24, 2.45) is 10.1 Å². The first-order chi connectivity index (χ1) is 10.4. The average Bonchev–Trinajstić information content (AvgIpc) is 2.93. The van der Waals surface area contributed by atoms with Crippen LogP contribution in [0.2, 0.25) is 0 Å². The number of amidine groups is 1. The van der Waals surface area contributed by atoms with E-state index in [0.717, 1.165) is 22.6 Å². The van der Waals surface area contributed by atoms with Gasteiger partial charge in [0.15, 0.2) is 11.8 Å². The molecule has 5 nitrogen and oxygen atoms in total. The molecule has 4 rings (SSSR count). The van der Waals surface area contributed by atoms with Crippen molar-refractivity contribution < 1.29 is 9.57 Å². The molecule has 21 heavy (non-hydrogen) atoms. The van der Waals surface area contributed by atoms with Crippen LogP contribution in [0.4, 0.5) is 0 Å². The first-order valence-electron chi connectivity index (χ1n) is 6.69. The Morgan fingerprint density at radius 1 is 1.05 bits per heavy atom. The Labute approximate surface area is 122 Å². The van der Waals surface area contributed by atoms with Crippen molar-refractivity contribution in [2.75, 3.05) is 7.11 Å². The highest BCUT2D eigenvalue weighted by Gasteiger charge is 2.39. The fourth-order valence-corrected chi connectivity index (χ4v) is 2.58. The van der Waals surface area contributed by atoms with Gasteiger partial charge in [-0.15, -0.1) is 5.17 Å². The first-order valence-corrected chi connectivity index (χ1v) is 6.69. The minimum atomic E-state index is -0.150. The molecule has 0 spiro atoms. The number of hydrazone groups is 1. The van der Waals surface area contributed by atoms with Crippen LogP contribution in [0.25, 0.3) is 0 Å². The van der Waals surface area contributed by atoms with Gasteiger partial charge in [-0.3, -0.25) is 0 Å². The zero-order valence-corrected chi connectivity index (χ0v) is 11.4. The molecule has 0 amide bonds. The van der Waals surface area contributed by atoms with E-state index in [1.54, 1.807) is 12.3 Å². The minimum Gasteiger partial charge on any atom is -0.466 e. The molecule has 0 saturated heterocycles. The maximum atomic E-state index is 5.78. The lowest BCUT2D eigenvalue weighted by Crippen LogP contribution is -2.33. The molecule has 0 fully saturated rings. The molecular weight excluding hydrogens is 266 g/mol. The lowest BCUT2D eigenvalue weighted by Gasteiger charge is -2.25. The quantitative estimate of drug-likeness (QED) is 0.806. The number of hydroxylamine groups is 1. The summed E-state index contributed by atoms with van der Waals surface area (Å²) in [6.45, 7) is 0. The second kappa shape index (κ2) is 4.63. The van der Waals surface area contributed by atoms with E-state index in [1.807, 2.05) is 54.6 Å². The van der Waals surface area contributed by atoms with Gasteiger partial charge in [0.1, 0.15) is 0 Å². The van der Waals surface area contributed by atoms with Crippen LogP contribution in [-0.4, -0.2) is 24.0 Å². The molecule has 2 aromatic rings. The third-order valence-electron chi connectivity index (χ3n) is 3.54. The van der Waals surface area contributed by atoms with Crippen molar-refractivity contribution >= 4 is 11.7 Å². The summed E-state index contributed by atoms with van der Waals surface area (Å²) in [5.41, 5.74) is 2.95. The number of fused-ring (bicyclic) bond motifs is 3. The van der Waals surface area contributed by atoms with Gasteiger partial charge in [-0.2, -0.15) is 4.99 Å². The molecule has 2 aromatic carbocycles. The number of ether oxygens (including phenoxy) is 1. The molecule has 1 unspecified atom stereocenters. The topological polar surface area (TPSA) is 46.4 Å². The van der Waals surface area contributed by atoms with Gasteiger partial charge in [-0.25, -0.2) is 0 Å². The molecule has 0 saturated carbocycles. The molecule has 2 heterocycles. The number of hydrogen-bond donors (Lipinski definition) is 0. The predicted molar refractivity (Wildman–Crippen MR) is 79.1 cm³/mol. The Balaban J connectivity index is 1.87. The monoisotopic (exact) mass is 279 g/mol. The SMILES string of the molecule is COC1=NN2Oc3ccccc3C2C(c2ccccc2)=N1. The maximum Gasteiger partial charge on any atom is 0.336 e. The van der Waals surface area contributed by atoms with Gasteiger partial charge in [-0.05, 0) is 11.6 Å². The van der Waals surface area contributed by atoms with Crippen molar-refractivity contribution in [3.8, 4) is 5.75 Å². The molecule has 1 atom stereocenters. The first kappa shape index (κ1) is 12.0. The minimum absolute atomic E-state index is 0.150. The third kappa shape index (κ3) is 1.86. The van der Waals surface area contributed by atoms with Gasteiger partial charge >= 0.3 is 6.02 Å². The smallest absolute Gasteiger partial charge is 0.336 e. The fourth-order valence-electron chi connectivity index (χ4n) is 2.58. The number of para-hydroxylation sites is 1. The summed E-state index contributed by atoms with van der Waals surface area (Å²) in [6, 6.07) is 18.0. The number of nitrogens with zero attached hydrogens (tertiary/aromatic N) is 3. The molecule has 5 heteroatoms. The van der Waals surface area contributed by atoms with E-state index in [4.69, 9.17) is 9.57 Å². The van der Waals surface area contributed by atoms with Crippen molar-refractivity contribution in [1.29, 1.82) is 0 Å². The standard InChI is InChI=1S/C16H13N3O2/c1-20-16-17-14(11-7-3-2-4-8-11)15-12-9-5-6-10-13(12)21-19(15)18-16/h2-10,15H,1H3. The summed E-state index contributed by atoms with van der Waals surface area (Å²) < 4.78 is 5.19. The van der Waals surface area contributed by atoms with Crippen LogP contribution in [0.5, 0.6) is 5.75 Å². The number of methoxy groups -OCH3 is 1. The van der Waals surface area contributed by atoms with Crippen molar-refractivity contribution in [3.63, 3.8) is 0 Å².